The maximum Gasteiger partial charge on any atom is 0.253 e. The Morgan fingerprint density at radius 1 is 1.48 bits per heavy atom. The van der Waals surface area contributed by atoms with E-state index in [0.29, 0.717) is 29.9 Å². The first kappa shape index (κ1) is 15.2. The molecular formula is C13H15ClFN5O. The molecule has 3 rings (SSSR count). The van der Waals surface area contributed by atoms with Crippen LogP contribution in [0.5, 0.6) is 0 Å². The Kier molecular flexibility index (Phi) is 4.42. The van der Waals surface area contributed by atoms with E-state index in [1.165, 1.54) is 0 Å². The number of nitrogens with zero attached hydrogens (tertiary/aromatic N) is 2. The molecule has 21 heavy (non-hydrogen) atoms. The number of fused-ring (bicyclic) bond motifs is 1. The van der Waals surface area contributed by atoms with Gasteiger partial charge in [-0.1, -0.05) is 0 Å². The predicted molar refractivity (Wildman–Crippen MR) is 79.1 cm³/mol. The molecule has 2 aromatic heterocycles. The van der Waals surface area contributed by atoms with Crippen LogP contribution in [0.4, 0.5) is 10.3 Å². The van der Waals surface area contributed by atoms with Crippen molar-refractivity contribution < 1.29 is 9.18 Å². The fourth-order valence-electron chi connectivity index (χ4n) is 2.43. The molecule has 2 aromatic rings. The summed E-state index contributed by atoms with van der Waals surface area (Å²) in [6.07, 6.45) is 1.93. The van der Waals surface area contributed by atoms with Gasteiger partial charge in [-0.3, -0.25) is 9.18 Å². The van der Waals surface area contributed by atoms with Crippen molar-refractivity contribution in [2.75, 3.05) is 19.0 Å². The van der Waals surface area contributed by atoms with Gasteiger partial charge in [0.25, 0.3) is 5.91 Å². The zero-order chi connectivity index (χ0) is 14.1. The van der Waals surface area contributed by atoms with Crippen LogP contribution in [0, 0.1) is 0 Å². The van der Waals surface area contributed by atoms with Crippen LogP contribution in [0.25, 0.3) is 11.4 Å². The zero-order valence-corrected chi connectivity index (χ0v) is 11.9. The molecule has 0 bridgehead atoms. The summed E-state index contributed by atoms with van der Waals surface area (Å²) < 4.78 is 12.6. The smallest absolute Gasteiger partial charge is 0.253 e. The van der Waals surface area contributed by atoms with Crippen molar-refractivity contribution in [3.05, 3.63) is 29.6 Å². The molecule has 0 aliphatic carbocycles. The van der Waals surface area contributed by atoms with Crippen molar-refractivity contribution in [2.45, 2.75) is 12.3 Å². The Morgan fingerprint density at radius 3 is 3.00 bits per heavy atom. The molecule has 0 saturated heterocycles. The van der Waals surface area contributed by atoms with Gasteiger partial charge in [-0.15, -0.1) is 12.4 Å². The van der Waals surface area contributed by atoms with E-state index in [0.717, 1.165) is 5.69 Å². The van der Waals surface area contributed by atoms with Crippen molar-refractivity contribution in [1.82, 2.24) is 20.3 Å². The summed E-state index contributed by atoms with van der Waals surface area (Å²) in [5, 5.41) is 2.77. The summed E-state index contributed by atoms with van der Waals surface area (Å²) >= 11 is 0. The molecule has 0 spiro atoms. The monoisotopic (exact) mass is 311 g/mol. The Balaban J connectivity index is 0.00000161. The molecule has 0 saturated carbocycles. The van der Waals surface area contributed by atoms with E-state index in [1.807, 2.05) is 0 Å². The first-order valence-electron chi connectivity index (χ1n) is 6.35. The largest absolute Gasteiger partial charge is 0.368 e. The van der Waals surface area contributed by atoms with E-state index in [-0.39, 0.29) is 30.2 Å². The molecular weight excluding hydrogens is 297 g/mol. The number of carbonyl (C=O) groups excluding carboxylic acids is 1. The summed E-state index contributed by atoms with van der Waals surface area (Å²) in [5.74, 6) is -0.0277. The first-order valence-corrected chi connectivity index (χ1v) is 6.35. The van der Waals surface area contributed by atoms with E-state index in [4.69, 9.17) is 5.73 Å². The summed E-state index contributed by atoms with van der Waals surface area (Å²) in [4.78, 5) is 23.0. The summed E-state index contributed by atoms with van der Waals surface area (Å²) in [5.41, 5.74) is 8.16. The highest BCUT2D eigenvalue weighted by Crippen LogP contribution is 2.30. The molecule has 0 radical (unpaired) electrons. The number of nitrogens with one attached hydrogen (secondary N) is 2. The number of nitrogen functional groups attached to an aromatic ring is 1. The van der Waals surface area contributed by atoms with E-state index >= 15 is 0 Å². The minimum Gasteiger partial charge on any atom is -0.368 e. The Bertz CT molecular complexity index is 660. The summed E-state index contributed by atoms with van der Waals surface area (Å²) in [7, 11) is 0. The number of hydrogen-bond acceptors (Lipinski definition) is 4. The number of amides is 1. The standard InChI is InChI=1S/C13H14FN5O.ClH/c14-3-1-7-6-17-12(20)8-5-10(18-11(7)8)9-2-4-16-13(15)19-9;/h2,4-5,7,18H,1,3,6H2,(H,17,20)(H2,15,16,19);1H. The molecule has 4 N–H and O–H groups in total. The van der Waals surface area contributed by atoms with Gasteiger partial charge in [0.2, 0.25) is 5.95 Å². The molecule has 0 aromatic carbocycles. The topological polar surface area (TPSA) is 96.7 Å². The van der Waals surface area contributed by atoms with Crippen molar-refractivity contribution in [1.29, 1.82) is 0 Å². The molecule has 1 atom stereocenters. The number of H-pyrrole nitrogens is 1. The molecule has 1 aliphatic rings. The van der Waals surface area contributed by atoms with Crippen LogP contribution in [-0.2, 0) is 0 Å². The number of hydrogen-bond donors (Lipinski definition) is 3. The van der Waals surface area contributed by atoms with E-state index < -0.39 is 6.67 Å². The Hall–Kier alpha value is -2.15. The van der Waals surface area contributed by atoms with Crippen LogP contribution in [0.1, 0.15) is 28.4 Å². The molecule has 3 heterocycles. The lowest BCUT2D eigenvalue weighted by Gasteiger charge is -2.21. The lowest BCUT2D eigenvalue weighted by molar-refractivity contribution is 0.0938. The number of carbonyl (C=O) groups is 1. The third-order valence-corrected chi connectivity index (χ3v) is 3.42. The van der Waals surface area contributed by atoms with Crippen LogP contribution >= 0.6 is 12.4 Å². The van der Waals surface area contributed by atoms with Gasteiger partial charge in [-0.2, -0.15) is 0 Å². The molecule has 8 heteroatoms. The molecule has 1 amide bonds. The molecule has 0 fully saturated rings. The number of alkyl halides is 1. The number of halogens is 2. The summed E-state index contributed by atoms with van der Waals surface area (Å²) in [6.45, 7) is 0.0242. The highest BCUT2D eigenvalue weighted by Gasteiger charge is 2.28. The molecule has 112 valence electrons. The maximum atomic E-state index is 12.6. The second kappa shape index (κ2) is 6.09. The number of aromatic nitrogens is 3. The highest BCUT2D eigenvalue weighted by molar-refractivity contribution is 5.98. The van der Waals surface area contributed by atoms with Gasteiger partial charge < -0.3 is 16.0 Å². The second-order valence-electron chi connectivity index (χ2n) is 4.70. The van der Waals surface area contributed by atoms with Crippen LogP contribution in [0.15, 0.2) is 18.3 Å². The van der Waals surface area contributed by atoms with Crippen LogP contribution in [0.3, 0.4) is 0 Å². The normalized spacial score (nSPS) is 16.8. The highest BCUT2D eigenvalue weighted by atomic mass is 35.5. The zero-order valence-electron chi connectivity index (χ0n) is 11.1. The van der Waals surface area contributed by atoms with Crippen LogP contribution in [-0.4, -0.2) is 34.1 Å². The fourth-order valence-corrected chi connectivity index (χ4v) is 2.43. The average molecular weight is 312 g/mol. The van der Waals surface area contributed by atoms with Gasteiger partial charge in [0, 0.05) is 24.4 Å². The van der Waals surface area contributed by atoms with Gasteiger partial charge in [0.15, 0.2) is 0 Å². The average Bonchev–Trinajstić information content (AvgIpc) is 2.88. The Labute approximate surface area is 126 Å². The first-order chi connectivity index (χ1) is 9.69. The minimum atomic E-state index is -0.422. The van der Waals surface area contributed by atoms with Gasteiger partial charge in [-0.25, -0.2) is 9.97 Å². The van der Waals surface area contributed by atoms with Crippen molar-refractivity contribution >= 4 is 24.3 Å². The maximum absolute atomic E-state index is 12.6. The third-order valence-electron chi connectivity index (χ3n) is 3.42. The lowest BCUT2D eigenvalue weighted by atomic mass is 9.95. The molecule has 1 unspecified atom stereocenters. The van der Waals surface area contributed by atoms with Crippen molar-refractivity contribution in [3.63, 3.8) is 0 Å². The van der Waals surface area contributed by atoms with Gasteiger partial charge in [0.1, 0.15) is 0 Å². The number of nitrogens with two attached hydrogens (primary N) is 1. The predicted octanol–water partition coefficient (Wildman–Crippen LogP) is 1.66. The summed E-state index contributed by atoms with van der Waals surface area (Å²) in [6, 6.07) is 3.42. The van der Waals surface area contributed by atoms with Crippen molar-refractivity contribution in [2.24, 2.45) is 0 Å². The lowest BCUT2D eigenvalue weighted by Crippen LogP contribution is -2.34. The SMILES string of the molecule is Cl.Nc1nccc(-c2cc3c([nH]2)C(CCF)CNC3=O)n1. The minimum absolute atomic E-state index is 0. The molecule has 6 nitrogen and oxygen atoms in total. The number of anilines is 1. The van der Waals surface area contributed by atoms with E-state index in [1.54, 1.807) is 18.3 Å². The third kappa shape index (κ3) is 2.82. The molecule has 1 aliphatic heterocycles. The van der Waals surface area contributed by atoms with Crippen LogP contribution < -0.4 is 11.1 Å². The number of rotatable bonds is 3. The quantitative estimate of drug-likeness (QED) is 0.803. The van der Waals surface area contributed by atoms with E-state index in [9.17, 15) is 9.18 Å². The second-order valence-corrected chi connectivity index (χ2v) is 4.70. The van der Waals surface area contributed by atoms with Gasteiger partial charge >= 0.3 is 0 Å². The number of aromatic amines is 1. The Morgan fingerprint density at radius 2 is 2.29 bits per heavy atom. The van der Waals surface area contributed by atoms with Crippen molar-refractivity contribution in [3.8, 4) is 11.4 Å². The van der Waals surface area contributed by atoms with Gasteiger partial charge in [0.05, 0.1) is 23.6 Å². The van der Waals surface area contributed by atoms with Crippen LogP contribution in [0.2, 0.25) is 0 Å². The van der Waals surface area contributed by atoms with Gasteiger partial charge in [-0.05, 0) is 18.6 Å². The fraction of sp³-hybridized carbons (Fsp3) is 0.308. The van der Waals surface area contributed by atoms with E-state index in [2.05, 4.69) is 20.3 Å².